The first-order valence-corrected chi connectivity index (χ1v) is 11.2. The molecule has 0 aliphatic rings. The third kappa shape index (κ3) is 7.21. The van der Waals surface area contributed by atoms with Crippen LogP contribution in [0.5, 0.6) is 17.2 Å². The molecule has 0 saturated carbocycles. The van der Waals surface area contributed by atoms with Gasteiger partial charge in [0.05, 0.1) is 37.6 Å². The highest BCUT2D eigenvalue weighted by atomic mass is 35.5. The van der Waals surface area contributed by atoms with Crippen molar-refractivity contribution in [2.24, 2.45) is 5.10 Å². The Morgan fingerprint density at radius 3 is 2.33 bits per heavy atom. The summed E-state index contributed by atoms with van der Waals surface area (Å²) in [4.78, 5) is 36.6. The molecule has 186 valence electrons. The number of esters is 1. The minimum atomic E-state index is -0.680. The number of hydrazone groups is 1. The van der Waals surface area contributed by atoms with Crippen LogP contribution < -0.4 is 25.0 Å². The van der Waals surface area contributed by atoms with E-state index in [0.29, 0.717) is 21.9 Å². The number of carbonyl (C=O) groups excluding carboxylic acids is 3. The summed E-state index contributed by atoms with van der Waals surface area (Å²) in [6.07, 6.45) is 1.37. The van der Waals surface area contributed by atoms with Crippen LogP contribution in [0.15, 0.2) is 65.8 Å². The van der Waals surface area contributed by atoms with E-state index in [1.165, 1.54) is 44.7 Å². The smallest absolute Gasteiger partial charge is 0.345 e. The Morgan fingerprint density at radius 2 is 1.67 bits per heavy atom. The van der Waals surface area contributed by atoms with E-state index in [2.05, 4.69) is 15.8 Å². The summed E-state index contributed by atoms with van der Waals surface area (Å²) in [6.45, 7) is -0.270. The maximum atomic E-state index is 12.5. The third-order valence-corrected chi connectivity index (χ3v) is 5.25. The van der Waals surface area contributed by atoms with Gasteiger partial charge >= 0.3 is 5.97 Å². The van der Waals surface area contributed by atoms with Crippen LogP contribution in [0.1, 0.15) is 26.3 Å². The van der Waals surface area contributed by atoms with Crippen LogP contribution in [-0.2, 0) is 4.79 Å². The van der Waals surface area contributed by atoms with Crippen LogP contribution in [-0.4, -0.2) is 44.8 Å². The molecular formula is C25H21Cl2N3O6. The number of nitrogens with one attached hydrogen (secondary N) is 2. The molecule has 3 aromatic carbocycles. The van der Waals surface area contributed by atoms with Gasteiger partial charge in [-0.15, -0.1) is 0 Å². The summed E-state index contributed by atoms with van der Waals surface area (Å²) < 4.78 is 15.7. The number of ether oxygens (including phenoxy) is 3. The fourth-order valence-electron chi connectivity index (χ4n) is 2.88. The molecule has 3 aromatic rings. The summed E-state index contributed by atoms with van der Waals surface area (Å²) in [5.41, 5.74) is 3.41. The molecule has 2 N–H and O–H groups in total. The molecule has 9 nitrogen and oxygen atoms in total. The maximum Gasteiger partial charge on any atom is 0.345 e. The third-order valence-electron chi connectivity index (χ3n) is 4.71. The molecule has 0 spiro atoms. The van der Waals surface area contributed by atoms with Gasteiger partial charge in [0.2, 0.25) is 0 Å². The van der Waals surface area contributed by atoms with Crippen LogP contribution in [0, 0.1) is 0 Å². The molecule has 0 atom stereocenters. The van der Waals surface area contributed by atoms with Crippen molar-refractivity contribution in [1.29, 1.82) is 0 Å². The Balaban J connectivity index is 1.54. The van der Waals surface area contributed by atoms with Crippen molar-refractivity contribution < 1.29 is 28.6 Å². The first kappa shape index (κ1) is 26.5. The number of benzene rings is 3. The van der Waals surface area contributed by atoms with E-state index in [4.69, 9.17) is 37.4 Å². The SMILES string of the molecule is COc1ccc(C(=O)NCC(=O)NN=Cc2ccc(OC(=O)c3ccc(Cl)cc3Cl)c(OC)c2)cc1. The number of rotatable bonds is 9. The fourth-order valence-corrected chi connectivity index (χ4v) is 3.37. The zero-order chi connectivity index (χ0) is 26.1. The second-order valence-electron chi connectivity index (χ2n) is 7.13. The average molecular weight is 530 g/mol. The van der Waals surface area contributed by atoms with Gasteiger partial charge in [0.25, 0.3) is 11.8 Å². The van der Waals surface area contributed by atoms with Gasteiger partial charge in [-0.05, 0) is 66.2 Å². The minimum absolute atomic E-state index is 0.149. The van der Waals surface area contributed by atoms with E-state index in [0.717, 1.165) is 0 Å². The zero-order valence-electron chi connectivity index (χ0n) is 19.2. The molecule has 2 amide bonds. The van der Waals surface area contributed by atoms with Gasteiger partial charge in [0.15, 0.2) is 11.5 Å². The van der Waals surface area contributed by atoms with Gasteiger partial charge < -0.3 is 19.5 Å². The predicted octanol–water partition coefficient (Wildman–Crippen LogP) is 4.11. The molecule has 3 rings (SSSR count). The van der Waals surface area contributed by atoms with Crippen molar-refractivity contribution in [3.8, 4) is 17.2 Å². The second kappa shape index (κ2) is 12.6. The Bertz CT molecular complexity index is 1300. The standard InChI is InChI=1S/C25H21Cl2N3O6/c1-34-18-7-4-16(5-8-18)24(32)28-14-23(31)30-29-13-15-3-10-21(22(11-15)35-2)36-25(33)19-9-6-17(26)12-20(19)27/h3-13H,14H2,1-2H3,(H,28,32)(H,30,31). The number of carbonyl (C=O) groups is 3. The van der Waals surface area contributed by atoms with E-state index >= 15 is 0 Å². The quantitative estimate of drug-likeness (QED) is 0.186. The van der Waals surface area contributed by atoms with E-state index < -0.39 is 17.8 Å². The normalized spacial score (nSPS) is 10.6. The van der Waals surface area contributed by atoms with Gasteiger partial charge in [-0.3, -0.25) is 9.59 Å². The Kier molecular flexibility index (Phi) is 9.26. The molecule has 0 aliphatic heterocycles. The van der Waals surface area contributed by atoms with E-state index in [-0.39, 0.29) is 28.6 Å². The summed E-state index contributed by atoms with van der Waals surface area (Å²) in [6, 6.07) is 15.6. The minimum Gasteiger partial charge on any atom is -0.497 e. The highest BCUT2D eigenvalue weighted by Crippen LogP contribution is 2.30. The van der Waals surface area contributed by atoms with Crippen LogP contribution in [0.4, 0.5) is 0 Å². The first-order chi connectivity index (χ1) is 17.3. The number of methoxy groups -OCH3 is 2. The molecular weight excluding hydrogens is 509 g/mol. The molecule has 36 heavy (non-hydrogen) atoms. The lowest BCUT2D eigenvalue weighted by molar-refractivity contribution is -0.120. The Labute approximate surface area is 216 Å². The number of hydrogen-bond acceptors (Lipinski definition) is 7. The lowest BCUT2D eigenvalue weighted by Gasteiger charge is -2.10. The highest BCUT2D eigenvalue weighted by Gasteiger charge is 2.16. The van der Waals surface area contributed by atoms with Crippen LogP contribution >= 0.6 is 23.2 Å². The number of nitrogens with zero attached hydrogens (tertiary/aromatic N) is 1. The van der Waals surface area contributed by atoms with Crippen molar-refractivity contribution in [1.82, 2.24) is 10.7 Å². The molecule has 0 unspecified atom stereocenters. The van der Waals surface area contributed by atoms with Gasteiger partial charge in [0.1, 0.15) is 5.75 Å². The summed E-state index contributed by atoms with van der Waals surface area (Å²) in [5.74, 6) is -0.573. The number of halogens is 2. The zero-order valence-corrected chi connectivity index (χ0v) is 20.7. The molecule has 0 radical (unpaired) electrons. The largest absolute Gasteiger partial charge is 0.497 e. The van der Waals surface area contributed by atoms with Crippen molar-refractivity contribution in [2.45, 2.75) is 0 Å². The van der Waals surface area contributed by atoms with E-state index in [1.807, 2.05) is 0 Å². The van der Waals surface area contributed by atoms with Gasteiger partial charge in [-0.25, -0.2) is 10.2 Å². The summed E-state index contributed by atoms with van der Waals surface area (Å²) in [5, 5.41) is 6.91. The summed E-state index contributed by atoms with van der Waals surface area (Å²) >= 11 is 11.9. The van der Waals surface area contributed by atoms with Gasteiger partial charge in [-0.1, -0.05) is 23.2 Å². The lowest BCUT2D eigenvalue weighted by atomic mass is 10.2. The van der Waals surface area contributed by atoms with Crippen molar-refractivity contribution in [3.63, 3.8) is 0 Å². The van der Waals surface area contributed by atoms with Gasteiger partial charge in [-0.2, -0.15) is 5.10 Å². The van der Waals surface area contributed by atoms with Crippen LogP contribution in [0.3, 0.4) is 0 Å². The highest BCUT2D eigenvalue weighted by molar-refractivity contribution is 6.36. The van der Waals surface area contributed by atoms with Crippen molar-refractivity contribution in [3.05, 3.63) is 87.4 Å². The van der Waals surface area contributed by atoms with Crippen LogP contribution in [0.25, 0.3) is 0 Å². The second-order valence-corrected chi connectivity index (χ2v) is 7.97. The van der Waals surface area contributed by atoms with E-state index in [9.17, 15) is 14.4 Å². The first-order valence-electron chi connectivity index (χ1n) is 10.4. The Morgan fingerprint density at radius 1 is 0.917 bits per heavy atom. The van der Waals surface area contributed by atoms with Crippen molar-refractivity contribution in [2.75, 3.05) is 20.8 Å². The molecule has 0 saturated heterocycles. The number of amides is 2. The summed E-state index contributed by atoms with van der Waals surface area (Å²) in [7, 11) is 2.94. The Hall–Kier alpha value is -4.08. The number of hydrogen-bond donors (Lipinski definition) is 2. The topological polar surface area (TPSA) is 115 Å². The molecule has 0 aromatic heterocycles. The van der Waals surface area contributed by atoms with Crippen molar-refractivity contribution >= 4 is 47.2 Å². The van der Waals surface area contributed by atoms with E-state index in [1.54, 1.807) is 36.4 Å². The fraction of sp³-hybridized carbons (Fsp3) is 0.120. The van der Waals surface area contributed by atoms with Crippen LogP contribution in [0.2, 0.25) is 10.0 Å². The van der Waals surface area contributed by atoms with Gasteiger partial charge in [0, 0.05) is 10.6 Å². The average Bonchev–Trinajstić information content (AvgIpc) is 2.88. The molecule has 0 aliphatic carbocycles. The maximum absolute atomic E-state index is 12.5. The molecule has 0 heterocycles. The molecule has 11 heteroatoms. The predicted molar refractivity (Wildman–Crippen MR) is 135 cm³/mol. The lowest BCUT2D eigenvalue weighted by Crippen LogP contribution is -2.34. The molecule has 0 bridgehead atoms. The monoisotopic (exact) mass is 529 g/mol. The molecule has 0 fully saturated rings.